The van der Waals surface area contributed by atoms with Gasteiger partial charge in [-0.15, -0.1) is 0 Å². The zero-order valence-electron chi connectivity index (χ0n) is 19.8. The summed E-state index contributed by atoms with van der Waals surface area (Å²) in [5.41, 5.74) is -0.646. The molecule has 4 saturated carbocycles. The highest BCUT2D eigenvalue weighted by Gasteiger charge is 2.65. The summed E-state index contributed by atoms with van der Waals surface area (Å²) in [4.78, 5) is 0. The third-order valence-electron chi connectivity index (χ3n) is 10.7. The van der Waals surface area contributed by atoms with Gasteiger partial charge in [0.2, 0.25) is 0 Å². The van der Waals surface area contributed by atoms with Gasteiger partial charge < -0.3 is 20.4 Å². The molecule has 0 aromatic heterocycles. The summed E-state index contributed by atoms with van der Waals surface area (Å²) in [6.45, 7) is 10.8. The minimum atomic E-state index is -0.641. The molecule has 0 amide bonds. The molecule has 0 aromatic carbocycles. The first-order valence-corrected chi connectivity index (χ1v) is 12.6. The summed E-state index contributed by atoms with van der Waals surface area (Å²) in [6.07, 6.45) is 7.46. The van der Waals surface area contributed by atoms with Crippen molar-refractivity contribution in [3.63, 3.8) is 0 Å². The third kappa shape index (κ3) is 3.58. The number of aliphatic hydroxyl groups excluding tert-OH is 3. The van der Waals surface area contributed by atoms with Gasteiger partial charge in [0, 0.05) is 0 Å². The lowest BCUT2D eigenvalue weighted by atomic mass is 9.43. The lowest BCUT2D eigenvalue weighted by Crippen LogP contribution is -2.62. The van der Waals surface area contributed by atoms with E-state index in [-0.39, 0.29) is 35.1 Å². The molecule has 0 bridgehead atoms. The van der Waals surface area contributed by atoms with Crippen molar-refractivity contribution in [1.29, 1.82) is 0 Å². The van der Waals surface area contributed by atoms with E-state index in [2.05, 4.69) is 20.8 Å². The summed E-state index contributed by atoms with van der Waals surface area (Å²) >= 11 is 0. The van der Waals surface area contributed by atoms with Crippen LogP contribution in [0.3, 0.4) is 0 Å². The van der Waals surface area contributed by atoms with Crippen molar-refractivity contribution in [2.24, 2.45) is 46.3 Å². The summed E-state index contributed by atoms with van der Waals surface area (Å²) in [7, 11) is 0. The molecule has 30 heavy (non-hydrogen) atoms. The van der Waals surface area contributed by atoms with Crippen molar-refractivity contribution in [3.05, 3.63) is 0 Å². The van der Waals surface area contributed by atoms with Crippen LogP contribution in [0.2, 0.25) is 0 Å². The SMILES string of the molecule is CC(CCC(C)(C)O)C1CCC2C3C(O)CC4CC(O)CCC4(C)C3CC(O)C12C. The van der Waals surface area contributed by atoms with Gasteiger partial charge in [-0.1, -0.05) is 20.8 Å². The van der Waals surface area contributed by atoms with E-state index < -0.39 is 5.60 Å². The monoisotopic (exact) mass is 422 g/mol. The molecule has 4 heteroatoms. The van der Waals surface area contributed by atoms with Crippen LogP contribution in [-0.2, 0) is 0 Å². The molecule has 4 nitrogen and oxygen atoms in total. The fourth-order valence-corrected chi connectivity index (χ4v) is 8.91. The summed E-state index contributed by atoms with van der Waals surface area (Å²) in [5.74, 6) is 2.30. The van der Waals surface area contributed by atoms with Gasteiger partial charge >= 0.3 is 0 Å². The Morgan fingerprint density at radius 3 is 2.33 bits per heavy atom. The second kappa shape index (κ2) is 7.71. The van der Waals surface area contributed by atoms with E-state index in [4.69, 9.17) is 0 Å². The average molecular weight is 423 g/mol. The molecule has 0 saturated heterocycles. The van der Waals surface area contributed by atoms with E-state index in [1.807, 2.05) is 13.8 Å². The largest absolute Gasteiger partial charge is 0.393 e. The number of hydrogen-bond donors (Lipinski definition) is 4. The number of hydrogen-bond acceptors (Lipinski definition) is 4. The van der Waals surface area contributed by atoms with Crippen LogP contribution in [0.4, 0.5) is 0 Å². The van der Waals surface area contributed by atoms with Crippen LogP contribution < -0.4 is 0 Å². The molecule has 0 aliphatic heterocycles. The molecule has 0 aromatic rings. The van der Waals surface area contributed by atoms with Gasteiger partial charge in [-0.05, 0) is 118 Å². The van der Waals surface area contributed by atoms with Crippen molar-refractivity contribution in [2.45, 2.75) is 116 Å². The normalized spacial score (nSPS) is 52.3. The Balaban J connectivity index is 1.59. The minimum absolute atomic E-state index is 0.135. The maximum atomic E-state index is 11.6. The molecule has 4 aliphatic carbocycles. The fourth-order valence-electron chi connectivity index (χ4n) is 8.91. The molecule has 11 atom stereocenters. The molecule has 4 fully saturated rings. The van der Waals surface area contributed by atoms with Crippen LogP contribution in [0.5, 0.6) is 0 Å². The van der Waals surface area contributed by atoms with E-state index >= 15 is 0 Å². The Hall–Kier alpha value is -0.160. The summed E-state index contributed by atoms with van der Waals surface area (Å²) in [6, 6.07) is 0. The molecular formula is C26H46O4. The van der Waals surface area contributed by atoms with Crippen molar-refractivity contribution < 1.29 is 20.4 Å². The van der Waals surface area contributed by atoms with Crippen LogP contribution >= 0.6 is 0 Å². The molecule has 4 aliphatic rings. The Kier molecular flexibility index (Phi) is 5.92. The lowest BCUT2D eigenvalue weighted by molar-refractivity contribution is -0.207. The highest BCUT2D eigenvalue weighted by atomic mass is 16.3. The Morgan fingerprint density at radius 2 is 1.67 bits per heavy atom. The summed E-state index contributed by atoms with van der Waals surface area (Å²) in [5, 5.41) is 43.4. The van der Waals surface area contributed by atoms with E-state index in [0.29, 0.717) is 29.6 Å². The minimum Gasteiger partial charge on any atom is -0.393 e. The number of aliphatic hydroxyl groups is 4. The van der Waals surface area contributed by atoms with Crippen LogP contribution in [0.1, 0.15) is 92.4 Å². The van der Waals surface area contributed by atoms with Crippen LogP contribution in [0, 0.1) is 46.3 Å². The predicted molar refractivity (Wildman–Crippen MR) is 119 cm³/mol. The molecule has 11 unspecified atom stereocenters. The maximum absolute atomic E-state index is 11.6. The standard InChI is InChI=1S/C26H46O4/c1-15(8-10-24(2,3)30)18-6-7-19-23-20(14-22(29)26(18,19)5)25(4)11-9-17(27)12-16(25)13-21(23)28/h15-23,27-30H,6-14H2,1-5H3. The van der Waals surface area contributed by atoms with Crippen LogP contribution in [0.25, 0.3) is 0 Å². The number of rotatable bonds is 4. The smallest absolute Gasteiger partial charge is 0.0602 e. The Labute approximate surface area is 183 Å². The van der Waals surface area contributed by atoms with Crippen LogP contribution in [0.15, 0.2) is 0 Å². The molecular weight excluding hydrogens is 376 g/mol. The van der Waals surface area contributed by atoms with Crippen molar-refractivity contribution in [3.8, 4) is 0 Å². The highest BCUT2D eigenvalue weighted by Crippen LogP contribution is 2.68. The van der Waals surface area contributed by atoms with Crippen molar-refractivity contribution >= 4 is 0 Å². The average Bonchev–Trinajstić information content (AvgIpc) is 3.00. The van der Waals surface area contributed by atoms with E-state index in [0.717, 1.165) is 57.8 Å². The third-order valence-corrected chi connectivity index (χ3v) is 10.7. The second-order valence-electron chi connectivity index (χ2n) is 12.9. The lowest BCUT2D eigenvalue weighted by Gasteiger charge is -2.63. The maximum Gasteiger partial charge on any atom is 0.0602 e. The van der Waals surface area contributed by atoms with Gasteiger partial charge in [0.1, 0.15) is 0 Å². The molecule has 0 spiro atoms. The second-order valence-corrected chi connectivity index (χ2v) is 12.9. The first kappa shape index (κ1) is 23.0. The fraction of sp³-hybridized carbons (Fsp3) is 1.00. The zero-order valence-corrected chi connectivity index (χ0v) is 19.8. The van der Waals surface area contributed by atoms with Crippen molar-refractivity contribution in [2.75, 3.05) is 0 Å². The molecule has 174 valence electrons. The molecule has 0 radical (unpaired) electrons. The zero-order chi connectivity index (χ0) is 22.1. The quantitative estimate of drug-likeness (QED) is 0.549. The van der Waals surface area contributed by atoms with E-state index in [1.165, 1.54) is 0 Å². The molecule has 4 rings (SSSR count). The van der Waals surface area contributed by atoms with Gasteiger partial charge in [0.25, 0.3) is 0 Å². The van der Waals surface area contributed by atoms with Gasteiger partial charge in [-0.2, -0.15) is 0 Å². The predicted octanol–water partition coefficient (Wildman–Crippen LogP) is 4.14. The van der Waals surface area contributed by atoms with Gasteiger partial charge in [-0.3, -0.25) is 0 Å². The first-order valence-electron chi connectivity index (χ1n) is 12.6. The van der Waals surface area contributed by atoms with E-state index in [1.54, 1.807) is 0 Å². The van der Waals surface area contributed by atoms with Gasteiger partial charge in [-0.25, -0.2) is 0 Å². The topological polar surface area (TPSA) is 80.9 Å². The number of fused-ring (bicyclic) bond motifs is 5. The van der Waals surface area contributed by atoms with Gasteiger partial charge in [0.05, 0.1) is 23.9 Å². The molecule has 4 N–H and O–H groups in total. The van der Waals surface area contributed by atoms with Gasteiger partial charge in [0.15, 0.2) is 0 Å². The van der Waals surface area contributed by atoms with Crippen molar-refractivity contribution in [1.82, 2.24) is 0 Å². The Morgan fingerprint density at radius 1 is 0.967 bits per heavy atom. The highest BCUT2D eigenvalue weighted by molar-refractivity contribution is 5.14. The molecule has 0 heterocycles. The first-order chi connectivity index (χ1) is 13.9. The summed E-state index contributed by atoms with van der Waals surface area (Å²) < 4.78 is 0. The van der Waals surface area contributed by atoms with Crippen LogP contribution in [-0.4, -0.2) is 44.3 Å². The van der Waals surface area contributed by atoms with E-state index in [9.17, 15) is 20.4 Å². The Bertz CT molecular complexity index is 629.